The van der Waals surface area contributed by atoms with E-state index in [0.717, 1.165) is 0 Å². The predicted molar refractivity (Wildman–Crippen MR) is 39.8 cm³/mol. The summed E-state index contributed by atoms with van der Waals surface area (Å²) in [5.74, 6) is 0. The zero-order valence-corrected chi connectivity index (χ0v) is 6.39. The molecule has 0 saturated heterocycles. The van der Waals surface area contributed by atoms with E-state index >= 15 is 0 Å². The van der Waals surface area contributed by atoms with Crippen LogP contribution in [0.3, 0.4) is 0 Å². The van der Waals surface area contributed by atoms with Crippen molar-refractivity contribution >= 4 is 6.09 Å². The molecule has 1 N–H and O–H groups in total. The largest absolute Gasteiger partial charge is 0.447 e. The van der Waals surface area contributed by atoms with Crippen LogP contribution in [0.1, 0.15) is 13.8 Å². The monoisotopic (exact) mass is 143 g/mol. The Morgan fingerprint density at radius 1 is 1.80 bits per heavy atom. The first-order chi connectivity index (χ1) is 4.66. The number of alkyl carbamates (subject to hydrolysis) is 1. The molecule has 0 aromatic rings. The molecule has 10 heavy (non-hydrogen) atoms. The van der Waals surface area contributed by atoms with Crippen molar-refractivity contribution in [3.05, 3.63) is 12.7 Å². The van der Waals surface area contributed by atoms with Gasteiger partial charge in [0.1, 0.15) is 0 Å². The van der Waals surface area contributed by atoms with Crippen LogP contribution in [0.5, 0.6) is 0 Å². The van der Waals surface area contributed by atoms with Crippen molar-refractivity contribution in [1.29, 1.82) is 0 Å². The number of nitrogens with one attached hydrogen (secondary N) is 1. The van der Waals surface area contributed by atoms with Crippen molar-refractivity contribution in [2.24, 2.45) is 0 Å². The van der Waals surface area contributed by atoms with Gasteiger partial charge in [0.05, 0.1) is 6.10 Å². The molecule has 0 aliphatic heterocycles. The smallest absolute Gasteiger partial charge is 0.407 e. The first-order valence-corrected chi connectivity index (χ1v) is 3.22. The number of carbonyl (C=O) groups is 1. The Kier molecular flexibility index (Phi) is 4.37. The van der Waals surface area contributed by atoms with Gasteiger partial charge in [0.15, 0.2) is 0 Å². The molecule has 0 radical (unpaired) electrons. The molecule has 0 aliphatic rings. The van der Waals surface area contributed by atoms with Crippen LogP contribution in [0.15, 0.2) is 12.7 Å². The number of hydrogen-bond donors (Lipinski definition) is 1. The van der Waals surface area contributed by atoms with Gasteiger partial charge in [0.25, 0.3) is 0 Å². The van der Waals surface area contributed by atoms with Gasteiger partial charge in [0, 0.05) is 6.54 Å². The number of rotatable bonds is 3. The Morgan fingerprint density at radius 2 is 2.40 bits per heavy atom. The van der Waals surface area contributed by atoms with E-state index in [1.54, 1.807) is 19.9 Å². The van der Waals surface area contributed by atoms with Gasteiger partial charge in [-0.25, -0.2) is 4.79 Å². The minimum Gasteiger partial charge on any atom is -0.447 e. The van der Waals surface area contributed by atoms with Crippen LogP contribution in [0.4, 0.5) is 4.79 Å². The van der Waals surface area contributed by atoms with Gasteiger partial charge in [-0.2, -0.15) is 0 Å². The van der Waals surface area contributed by atoms with Crippen molar-refractivity contribution in [1.82, 2.24) is 5.32 Å². The third kappa shape index (κ3) is 5.15. The van der Waals surface area contributed by atoms with E-state index in [1.807, 2.05) is 0 Å². The second-order valence-corrected chi connectivity index (χ2v) is 2.12. The molecule has 0 fully saturated rings. The molecule has 0 atom stereocenters. The zero-order chi connectivity index (χ0) is 7.98. The number of ether oxygens (including phenoxy) is 1. The molecule has 0 unspecified atom stereocenters. The Labute approximate surface area is 61.1 Å². The maximum atomic E-state index is 10.6. The van der Waals surface area contributed by atoms with E-state index in [2.05, 4.69) is 11.9 Å². The van der Waals surface area contributed by atoms with Gasteiger partial charge in [0.2, 0.25) is 0 Å². The molecular formula is C7H13NO2. The fourth-order valence-corrected chi connectivity index (χ4v) is 0.411. The molecule has 0 rings (SSSR count). The molecule has 0 heterocycles. The van der Waals surface area contributed by atoms with E-state index in [4.69, 9.17) is 4.74 Å². The number of hydrogen-bond acceptors (Lipinski definition) is 2. The third-order valence-corrected chi connectivity index (χ3v) is 0.733. The second kappa shape index (κ2) is 4.85. The lowest BCUT2D eigenvalue weighted by Gasteiger charge is -2.07. The molecule has 3 nitrogen and oxygen atoms in total. The lowest BCUT2D eigenvalue weighted by molar-refractivity contribution is 0.116. The molecule has 0 aromatic heterocycles. The van der Waals surface area contributed by atoms with Gasteiger partial charge >= 0.3 is 6.09 Å². The number of amides is 1. The van der Waals surface area contributed by atoms with Gasteiger partial charge in [-0.1, -0.05) is 6.08 Å². The standard InChI is InChI=1S/C7H13NO2/c1-4-5-8-7(9)10-6(2)3/h4,6H,1,5H2,2-3H3,(H,8,9). The highest BCUT2D eigenvalue weighted by molar-refractivity contribution is 5.67. The third-order valence-electron chi connectivity index (χ3n) is 0.733. The lowest BCUT2D eigenvalue weighted by atomic mass is 10.5. The van der Waals surface area contributed by atoms with E-state index in [9.17, 15) is 4.79 Å². The predicted octanol–water partition coefficient (Wildman–Crippen LogP) is 1.31. The van der Waals surface area contributed by atoms with Crippen LogP contribution in [0.25, 0.3) is 0 Å². The highest BCUT2D eigenvalue weighted by Crippen LogP contribution is 1.86. The Balaban J connectivity index is 3.34. The molecule has 1 amide bonds. The van der Waals surface area contributed by atoms with Gasteiger partial charge in [-0.05, 0) is 13.8 Å². The van der Waals surface area contributed by atoms with Crippen LogP contribution in [-0.2, 0) is 4.74 Å². The normalized spacial score (nSPS) is 9.10. The van der Waals surface area contributed by atoms with Crippen molar-refractivity contribution < 1.29 is 9.53 Å². The topological polar surface area (TPSA) is 38.3 Å². The van der Waals surface area contributed by atoms with Crippen molar-refractivity contribution in [2.45, 2.75) is 20.0 Å². The molecule has 3 heteroatoms. The first kappa shape index (κ1) is 9.01. The Bertz CT molecular complexity index is 121. The summed E-state index contributed by atoms with van der Waals surface area (Å²) < 4.78 is 4.75. The minimum atomic E-state index is -0.394. The average Bonchev–Trinajstić information content (AvgIpc) is 1.82. The van der Waals surface area contributed by atoms with Crippen LogP contribution in [0, 0.1) is 0 Å². The summed E-state index contributed by atoms with van der Waals surface area (Å²) in [6.45, 7) is 7.49. The summed E-state index contributed by atoms with van der Waals surface area (Å²) in [6, 6.07) is 0. The summed E-state index contributed by atoms with van der Waals surface area (Å²) >= 11 is 0. The van der Waals surface area contributed by atoms with Crippen LogP contribution >= 0.6 is 0 Å². The maximum Gasteiger partial charge on any atom is 0.407 e. The summed E-state index contributed by atoms with van der Waals surface area (Å²) in [6.07, 6.45) is 1.14. The van der Waals surface area contributed by atoms with Crippen molar-refractivity contribution in [2.75, 3.05) is 6.54 Å². The SMILES string of the molecule is C=CCNC(=O)OC(C)C. The molecule has 0 aliphatic carbocycles. The zero-order valence-electron chi connectivity index (χ0n) is 6.39. The summed E-state index contributed by atoms with van der Waals surface area (Å²) in [7, 11) is 0. The van der Waals surface area contributed by atoms with Crippen molar-refractivity contribution in [3.8, 4) is 0 Å². The van der Waals surface area contributed by atoms with Crippen LogP contribution in [0.2, 0.25) is 0 Å². The molecule has 0 saturated carbocycles. The van der Waals surface area contributed by atoms with Gasteiger partial charge in [-0.15, -0.1) is 6.58 Å². The quantitative estimate of drug-likeness (QED) is 0.605. The first-order valence-electron chi connectivity index (χ1n) is 3.22. The van der Waals surface area contributed by atoms with E-state index in [-0.39, 0.29) is 6.10 Å². The highest BCUT2D eigenvalue weighted by atomic mass is 16.6. The van der Waals surface area contributed by atoms with Gasteiger partial charge < -0.3 is 10.1 Å². The van der Waals surface area contributed by atoms with E-state index in [0.29, 0.717) is 6.54 Å². The molecule has 0 bridgehead atoms. The fraction of sp³-hybridized carbons (Fsp3) is 0.571. The van der Waals surface area contributed by atoms with E-state index < -0.39 is 6.09 Å². The summed E-state index contributed by atoms with van der Waals surface area (Å²) in [5.41, 5.74) is 0. The van der Waals surface area contributed by atoms with Crippen molar-refractivity contribution in [3.63, 3.8) is 0 Å². The Morgan fingerprint density at radius 3 is 2.80 bits per heavy atom. The van der Waals surface area contributed by atoms with E-state index in [1.165, 1.54) is 0 Å². The van der Waals surface area contributed by atoms with Crippen LogP contribution in [-0.4, -0.2) is 18.7 Å². The average molecular weight is 143 g/mol. The highest BCUT2D eigenvalue weighted by Gasteiger charge is 2.00. The minimum absolute atomic E-state index is 0.0650. The fourth-order valence-electron chi connectivity index (χ4n) is 0.411. The molecule has 0 aromatic carbocycles. The van der Waals surface area contributed by atoms with Gasteiger partial charge in [-0.3, -0.25) is 0 Å². The number of carbonyl (C=O) groups excluding carboxylic acids is 1. The Hall–Kier alpha value is -0.990. The molecule has 58 valence electrons. The van der Waals surface area contributed by atoms with Crippen LogP contribution < -0.4 is 5.32 Å². The summed E-state index contributed by atoms with van der Waals surface area (Å²) in [4.78, 5) is 10.6. The lowest BCUT2D eigenvalue weighted by Crippen LogP contribution is -2.26. The summed E-state index contributed by atoms with van der Waals surface area (Å²) in [5, 5.41) is 2.48. The molecule has 0 spiro atoms. The molecular weight excluding hydrogens is 130 g/mol. The second-order valence-electron chi connectivity index (χ2n) is 2.12. The maximum absolute atomic E-state index is 10.6.